The minimum absolute atomic E-state index is 0.292. The maximum atomic E-state index is 11.6. The van der Waals surface area contributed by atoms with E-state index in [0.717, 1.165) is 0 Å². The van der Waals surface area contributed by atoms with Gasteiger partial charge in [-0.05, 0) is 19.1 Å². The number of nitrogens with two attached hydrogens (primary N) is 1. The first kappa shape index (κ1) is 11.4. The molecule has 0 saturated heterocycles. The van der Waals surface area contributed by atoms with E-state index in [1.54, 1.807) is 25.1 Å². The summed E-state index contributed by atoms with van der Waals surface area (Å²) in [5.41, 5.74) is 6.31. The Kier molecular flexibility index (Phi) is 4.02. The Bertz CT molecular complexity index is 412. The highest BCUT2D eigenvalue weighted by molar-refractivity contribution is 6.34. The summed E-state index contributed by atoms with van der Waals surface area (Å²) in [4.78, 5) is 11.6. The van der Waals surface area contributed by atoms with Gasteiger partial charge in [-0.25, -0.2) is 0 Å². The highest BCUT2D eigenvalue weighted by Gasteiger charge is 2.12. The Morgan fingerprint density at radius 1 is 1.60 bits per heavy atom. The SMILES string of the molecule is CC#CCNC(=O)c1c(N)cccc1Cl. The summed E-state index contributed by atoms with van der Waals surface area (Å²) in [6, 6.07) is 4.95. The predicted molar refractivity (Wildman–Crippen MR) is 61.6 cm³/mol. The zero-order valence-corrected chi connectivity index (χ0v) is 9.06. The molecule has 0 aliphatic rings. The summed E-state index contributed by atoms with van der Waals surface area (Å²) in [6.45, 7) is 2.00. The number of rotatable bonds is 2. The average molecular weight is 223 g/mol. The molecule has 0 heterocycles. The van der Waals surface area contributed by atoms with Crippen LogP contribution in [-0.4, -0.2) is 12.5 Å². The van der Waals surface area contributed by atoms with Crippen LogP contribution in [0.5, 0.6) is 0 Å². The molecule has 15 heavy (non-hydrogen) atoms. The van der Waals surface area contributed by atoms with Crippen LogP contribution >= 0.6 is 11.6 Å². The van der Waals surface area contributed by atoms with E-state index >= 15 is 0 Å². The molecule has 0 atom stereocenters. The average Bonchev–Trinajstić information content (AvgIpc) is 2.18. The van der Waals surface area contributed by atoms with E-state index in [-0.39, 0.29) is 5.91 Å². The number of carbonyl (C=O) groups excluding carboxylic acids is 1. The first-order valence-corrected chi connectivity index (χ1v) is 4.76. The van der Waals surface area contributed by atoms with E-state index in [4.69, 9.17) is 17.3 Å². The van der Waals surface area contributed by atoms with E-state index in [9.17, 15) is 4.79 Å². The van der Waals surface area contributed by atoms with Crippen molar-refractivity contribution in [2.75, 3.05) is 12.3 Å². The largest absolute Gasteiger partial charge is 0.398 e. The molecule has 0 aromatic heterocycles. The highest BCUT2D eigenvalue weighted by Crippen LogP contribution is 2.21. The zero-order chi connectivity index (χ0) is 11.3. The van der Waals surface area contributed by atoms with Gasteiger partial charge in [-0.1, -0.05) is 23.6 Å². The lowest BCUT2D eigenvalue weighted by molar-refractivity contribution is 0.0960. The molecule has 0 unspecified atom stereocenters. The molecule has 3 N–H and O–H groups in total. The second-order valence-corrected chi connectivity index (χ2v) is 3.22. The van der Waals surface area contributed by atoms with Gasteiger partial charge in [-0.15, -0.1) is 5.92 Å². The van der Waals surface area contributed by atoms with Crippen molar-refractivity contribution in [3.05, 3.63) is 28.8 Å². The van der Waals surface area contributed by atoms with Gasteiger partial charge in [0.1, 0.15) is 0 Å². The van der Waals surface area contributed by atoms with E-state index in [1.807, 2.05) is 0 Å². The highest BCUT2D eigenvalue weighted by atomic mass is 35.5. The van der Waals surface area contributed by atoms with Crippen molar-refractivity contribution < 1.29 is 4.79 Å². The van der Waals surface area contributed by atoms with E-state index in [1.165, 1.54) is 0 Å². The fourth-order valence-corrected chi connectivity index (χ4v) is 1.35. The number of hydrogen-bond acceptors (Lipinski definition) is 2. The first-order valence-electron chi connectivity index (χ1n) is 4.38. The van der Waals surface area contributed by atoms with Crippen LogP contribution in [0, 0.1) is 11.8 Å². The Labute approximate surface area is 93.6 Å². The van der Waals surface area contributed by atoms with Gasteiger partial charge in [0.2, 0.25) is 0 Å². The molecule has 0 aliphatic heterocycles. The molecule has 3 nitrogen and oxygen atoms in total. The number of halogens is 1. The minimum atomic E-state index is -0.305. The topological polar surface area (TPSA) is 55.1 Å². The molecule has 1 aromatic rings. The van der Waals surface area contributed by atoms with Crippen molar-refractivity contribution in [2.45, 2.75) is 6.92 Å². The molecule has 1 rings (SSSR count). The number of hydrogen-bond donors (Lipinski definition) is 2. The van der Waals surface area contributed by atoms with Crippen LogP contribution < -0.4 is 11.1 Å². The normalized spacial score (nSPS) is 8.93. The number of nitrogen functional groups attached to an aromatic ring is 1. The van der Waals surface area contributed by atoms with E-state index < -0.39 is 0 Å². The summed E-state index contributed by atoms with van der Waals surface area (Å²) in [6.07, 6.45) is 0. The van der Waals surface area contributed by atoms with Crippen molar-refractivity contribution in [3.8, 4) is 11.8 Å². The standard InChI is InChI=1S/C11H11ClN2O/c1-2-3-7-14-11(15)10-8(12)5-4-6-9(10)13/h4-6H,7,13H2,1H3,(H,14,15). The molecule has 0 fully saturated rings. The van der Waals surface area contributed by atoms with Crippen LogP contribution in [0.1, 0.15) is 17.3 Å². The van der Waals surface area contributed by atoms with Gasteiger partial charge < -0.3 is 11.1 Å². The third kappa shape index (κ3) is 2.90. The van der Waals surface area contributed by atoms with Crippen molar-refractivity contribution in [1.29, 1.82) is 0 Å². The van der Waals surface area contributed by atoms with Gasteiger partial charge >= 0.3 is 0 Å². The van der Waals surface area contributed by atoms with Gasteiger partial charge in [0.05, 0.1) is 17.1 Å². The second kappa shape index (κ2) is 5.28. The Morgan fingerprint density at radius 3 is 2.93 bits per heavy atom. The van der Waals surface area contributed by atoms with Gasteiger partial charge in [0.25, 0.3) is 5.91 Å². The summed E-state index contributed by atoms with van der Waals surface area (Å²) in [5, 5.41) is 2.95. The summed E-state index contributed by atoms with van der Waals surface area (Å²) in [7, 11) is 0. The molecule has 0 spiro atoms. The lowest BCUT2D eigenvalue weighted by atomic mass is 10.1. The minimum Gasteiger partial charge on any atom is -0.398 e. The third-order valence-corrected chi connectivity index (χ3v) is 2.10. The van der Waals surface area contributed by atoms with Crippen LogP contribution in [0.4, 0.5) is 5.69 Å². The lowest BCUT2D eigenvalue weighted by Gasteiger charge is -2.06. The van der Waals surface area contributed by atoms with Gasteiger partial charge in [0, 0.05) is 5.69 Å². The van der Waals surface area contributed by atoms with Crippen LogP contribution in [-0.2, 0) is 0 Å². The zero-order valence-electron chi connectivity index (χ0n) is 8.30. The number of nitrogens with one attached hydrogen (secondary N) is 1. The second-order valence-electron chi connectivity index (χ2n) is 2.81. The van der Waals surface area contributed by atoms with Gasteiger partial charge in [0.15, 0.2) is 0 Å². The lowest BCUT2D eigenvalue weighted by Crippen LogP contribution is -2.24. The summed E-state index contributed by atoms with van der Waals surface area (Å²) < 4.78 is 0. The van der Waals surface area contributed by atoms with Crippen molar-refractivity contribution >= 4 is 23.2 Å². The number of benzene rings is 1. The molecule has 0 bridgehead atoms. The number of amides is 1. The smallest absolute Gasteiger partial charge is 0.255 e. The van der Waals surface area contributed by atoms with Crippen LogP contribution in [0.15, 0.2) is 18.2 Å². The van der Waals surface area contributed by atoms with Crippen molar-refractivity contribution in [3.63, 3.8) is 0 Å². The molecule has 78 valence electrons. The predicted octanol–water partition coefficient (Wildman–Crippen LogP) is 1.68. The Balaban J connectivity index is 2.85. The molecule has 0 saturated carbocycles. The van der Waals surface area contributed by atoms with Crippen LogP contribution in [0.25, 0.3) is 0 Å². The molecule has 4 heteroatoms. The fraction of sp³-hybridized carbons (Fsp3) is 0.182. The summed E-state index contributed by atoms with van der Waals surface area (Å²) >= 11 is 5.86. The van der Waals surface area contributed by atoms with E-state index in [2.05, 4.69) is 17.2 Å². The Hall–Kier alpha value is -1.66. The molecule has 0 radical (unpaired) electrons. The monoisotopic (exact) mass is 222 g/mol. The fourth-order valence-electron chi connectivity index (χ4n) is 1.08. The third-order valence-electron chi connectivity index (χ3n) is 1.79. The maximum absolute atomic E-state index is 11.6. The number of carbonyl (C=O) groups is 1. The maximum Gasteiger partial charge on any atom is 0.255 e. The van der Waals surface area contributed by atoms with Crippen molar-refractivity contribution in [1.82, 2.24) is 5.32 Å². The number of anilines is 1. The van der Waals surface area contributed by atoms with Crippen LogP contribution in [0.3, 0.4) is 0 Å². The summed E-state index contributed by atoms with van der Waals surface area (Å²) in [5.74, 6) is 5.09. The molecular formula is C11H11ClN2O. The van der Waals surface area contributed by atoms with Gasteiger partial charge in [-0.2, -0.15) is 0 Å². The van der Waals surface area contributed by atoms with E-state index in [0.29, 0.717) is 22.8 Å². The first-order chi connectivity index (χ1) is 7.16. The molecule has 0 aliphatic carbocycles. The molecular weight excluding hydrogens is 212 g/mol. The Morgan fingerprint density at radius 2 is 2.33 bits per heavy atom. The van der Waals surface area contributed by atoms with Crippen LogP contribution in [0.2, 0.25) is 5.02 Å². The quantitative estimate of drug-likeness (QED) is 0.591. The molecule has 1 amide bonds. The molecule has 1 aromatic carbocycles. The van der Waals surface area contributed by atoms with Crippen molar-refractivity contribution in [2.24, 2.45) is 0 Å². The van der Waals surface area contributed by atoms with Gasteiger partial charge in [-0.3, -0.25) is 4.79 Å².